The molecular weight excluding hydrogens is 219 g/mol. The molecule has 1 N–H and O–H groups in total. The average Bonchev–Trinajstić information content (AvgIpc) is 2.38. The minimum atomic E-state index is -0.511. The van der Waals surface area contributed by atoms with Crippen molar-refractivity contribution in [3.05, 3.63) is 29.8 Å². The summed E-state index contributed by atoms with van der Waals surface area (Å²) in [5, 5.41) is 3.29. The molecule has 2 rings (SSSR count). The molecule has 92 valence electrons. The number of hydrogen-bond acceptors (Lipinski definition) is 3. The van der Waals surface area contributed by atoms with Gasteiger partial charge in [-0.3, -0.25) is 9.78 Å². The minimum Gasteiger partial charge on any atom is -0.317 e. The van der Waals surface area contributed by atoms with Gasteiger partial charge in [-0.25, -0.2) is 4.39 Å². The molecule has 1 aromatic heterocycles. The van der Waals surface area contributed by atoms with Crippen LogP contribution in [0.1, 0.15) is 36.0 Å². The van der Waals surface area contributed by atoms with Gasteiger partial charge in [-0.2, -0.15) is 0 Å². The van der Waals surface area contributed by atoms with Crippen molar-refractivity contribution in [3.8, 4) is 0 Å². The van der Waals surface area contributed by atoms with Gasteiger partial charge in [-0.05, 0) is 44.3 Å². The van der Waals surface area contributed by atoms with Gasteiger partial charge in [0.05, 0.1) is 11.8 Å². The number of hydrogen-bond donors (Lipinski definition) is 1. The van der Waals surface area contributed by atoms with Gasteiger partial charge in [-0.15, -0.1) is 0 Å². The summed E-state index contributed by atoms with van der Waals surface area (Å²) >= 11 is 0. The van der Waals surface area contributed by atoms with Crippen molar-refractivity contribution in [2.45, 2.75) is 25.7 Å². The Bertz CT molecular complexity index is 389. The van der Waals surface area contributed by atoms with Crippen LogP contribution in [-0.4, -0.2) is 23.9 Å². The van der Waals surface area contributed by atoms with E-state index in [0.29, 0.717) is 12.3 Å². The molecule has 2 heterocycles. The summed E-state index contributed by atoms with van der Waals surface area (Å²) in [6.07, 6.45) is 6.09. The molecule has 3 nitrogen and oxygen atoms in total. The Balaban J connectivity index is 1.87. The molecule has 0 aromatic carbocycles. The van der Waals surface area contributed by atoms with Crippen molar-refractivity contribution >= 4 is 5.78 Å². The second kappa shape index (κ2) is 5.87. The van der Waals surface area contributed by atoms with E-state index in [-0.39, 0.29) is 11.3 Å². The Morgan fingerprint density at radius 1 is 1.47 bits per heavy atom. The van der Waals surface area contributed by atoms with Crippen molar-refractivity contribution < 1.29 is 9.18 Å². The quantitative estimate of drug-likeness (QED) is 0.815. The standard InChI is InChI=1S/C13H17FN2O/c14-12-9-16-8-5-11(12)13(17)2-1-10-3-6-15-7-4-10/h5,8-10,15H,1-4,6-7H2. The van der Waals surface area contributed by atoms with E-state index in [1.165, 1.54) is 12.3 Å². The van der Waals surface area contributed by atoms with Crippen LogP contribution in [0.5, 0.6) is 0 Å². The molecular formula is C13H17FN2O. The predicted octanol–water partition coefficient (Wildman–Crippen LogP) is 2.18. The van der Waals surface area contributed by atoms with Crippen molar-refractivity contribution in [2.24, 2.45) is 5.92 Å². The van der Waals surface area contributed by atoms with Crippen LogP contribution >= 0.6 is 0 Å². The van der Waals surface area contributed by atoms with E-state index in [4.69, 9.17) is 0 Å². The molecule has 0 saturated carbocycles. The van der Waals surface area contributed by atoms with Gasteiger partial charge in [0.15, 0.2) is 11.6 Å². The summed E-state index contributed by atoms with van der Waals surface area (Å²) in [4.78, 5) is 15.5. The molecule has 1 fully saturated rings. The van der Waals surface area contributed by atoms with Crippen LogP contribution in [0.3, 0.4) is 0 Å². The van der Waals surface area contributed by atoms with Gasteiger partial charge < -0.3 is 5.32 Å². The average molecular weight is 236 g/mol. The molecule has 0 unspecified atom stereocenters. The van der Waals surface area contributed by atoms with E-state index in [2.05, 4.69) is 10.3 Å². The molecule has 0 radical (unpaired) electrons. The van der Waals surface area contributed by atoms with Gasteiger partial charge in [0, 0.05) is 12.6 Å². The zero-order valence-electron chi connectivity index (χ0n) is 9.79. The van der Waals surface area contributed by atoms with Crippen molar-refractivity contribution in [3.63, 3.8) is 0 Å². The topological polar surface area (TPSA) is 42.0 Å². The monoisotopic (exact) mass is 236 g/mol. The van der Waals surface area contributed by atoms with Crippen LogP contribution in [0.2, 0.25) is 0 Å². The van der Waals surface area contributed by atoms with Gasteiger partial charge in [0.2, 0.25) is 0 Å². The Morgan fingerprint density at radius 2 is 2.24 bits per heavy atom. The molecule has 4 heteroatoms. The highest BCUT2D eigenvalue weighted by atomic mass is 19.1. The van der Waals surface area contributed by atoms with E-state index in [9.17, 15) is 9.18 Å². The van der Waals surface area contributed by atoms with Crippen LogP contribution in [0.25, 0.3) is 0 Å². The maximum absolute atomic E-state index is 13.3. The lowest BCUT2D eigenvalue weighted by molar-refractivity contribution is 0.0966. The third-order valence-electron chi connectivity index (χ3n) is 3.31. The smallest absolute Gasteiger partial charge is 0.165 e. The Labute approximate surface area is 100 Å². The fourth-order valence-corrected chi connectivity index (χ4v) is 2.24. The molecule has 17 heavy (non-hydrogen) atoms. The summed E-state index contributed by atoms with van der Waals surface area (Å²) in [6.45, 7) is 2.06. The van der Waals surface area contributed by atoms with E-state index in [1.807, 2.05) is 0 Å². The first kappa shape index (κ1) is 12.2. The van der Waals surface area contributed by atoms with Gasteiger partial charge >= 0.3 is 0 Å². The number of aromatic nitrogens is 1. The maximum Gasteiger partial charge on any atom is 0.165 e. The van der Waals surface area contributed by atoms with E-state index in [1.54, 1.807) is 0 Å². The fraction of sp³-hybridized carbons (Fsp3) is 0.538. The lowest BCUT2D eigenvalue weighted by Gasteiger charge is -2.22. The van der Waals surface area contributed by atoms with Crippen LogP contribution in [0.4, 0.5) is 4.39 Å². The number of nitrogens with one attached hydrogen (secondary N) is 1. The number of piperidine rings is 1. The van der Waals surface area contributed by atoms with Gasteiger partial charge in [0.25, 0.3) is 0 Å². The van der Waals surface area contributed by atoms with Crippen molar-refractivity contribution in [1.82, 2.24) is 10.3 Å². The first-order valence-electron chi connectivity index (χ1n) is 6.11. The molecule has 0 spiro atoms. The first-order valence-corrected chi connectivity index (χ1v) is 6.11. The van der Waals surface area contributed by atoms with Gasteiger partial charge in [0.1, 0.15) is 0 Å². The molecule has 0 bridgehead atoms. The van der Waals surface area contributed by atoms with Crippen molar-refractivity contribution in [2.75, 3.05) is 13.1 Å². The predicted molar refractivity (Wildman–Crippen MR) is 63.4 cm³/mol. The highest BCUT2D eigenvalue weighted by Gasteiger charge is 2.16. The Hall–Kier alpha value is -1.29. The number of carbonyl (C=O) groups excluding carboxylic acids is 1. The largest absolute Gasteiger partial charge is 0.317 e. The number of ketones is 1. The Kier molecular flexibility index (Phi) is 4.20. The highest BCUT2D eigenvalue weighted by Crippen LogP contribution is 2.19. The fourth-order valence-electron chi connectivity index (χ4n) is 2.24. The third-order valence-corrected chi connectivity index (χ3v) is 3.31. The van der Waals surface area contributed by atoms with Crippen molar-refractivity contribution in [1.29, 1.82) is 0 Å². The lowest BCUT2D eigenvalue weighted by Crippen LogP contribution is -2.28. The lowest BCUT2D eigenvalue weighted by atomic mass is 9.91. The molecule has 1 aromatic rings. The second-order valence-electron chi connectivity index (χ2n) is 4.51. The number of carbonyl (C=O) groups is 1. The number of nitrogens with zero attached hydrogens (tertiary/aromatic N) is 1. The van der Waals surface area contributed by atoms with Gasteiger partial charge in [-0.1, -0.05) is 0 Å². The van der Waals surface area contributed by atoms with Crippen LogP contribution in [0.15, 0.2) is 18.5 Å². The normalized spacial score (nSPS) is 17.0. The molecule has 1 saturated heterocycles. The molecule has 0 aliphatic carbocycles. The molecule has 1 aliphatic rings. The van der Waals surface area contributed by atoms with E-state index >= 15 is 0 Å². The van der Waals surface area contributed by atoms with E-state index < -0.39 is 5.82 Å². The third kappa shape index (κ3) is 3.33. The highest BCUT2D eigenvalue weighted by molar-refractivity contribution is 5.96. The van der Waals surface area contributed by atoms with E-state index in [0.717, 1.165) is 38.5 Å². The molecule has 0 atom stereocenters. The molecule has 0 amide bonds. The number of rotatable bonds is 4. The zero-order chi connectivity index (χ0) is 12.1. The van der Waals surface area contributed by atoms with Crippen LogP contribution in [0, 0.1) is 11.7 Å². The summed E-state index contributed by atoms with van der Waals surface area (Å²) in [5.74, 6) is -0.0173. The number of pyridine rings is 1. The second-order valence-corrected chi connectivity index (χ2v) is 4.51. The number of halogens is 1. The SMILES string of the molecule is O=C(CCC1CCNCC1)c1ccncc1F. The minimum absolute atomic E-state index is 0.108. The summed E-state index contributed by atoms with van der Waals surface area (Å²) in [5.41, 5.74) is 0.175. The first-order chi connectivity index (χ1) is 8.27. The molecule has 1 aliphatic heterocycles. The number of Topliss-reactive ketones (excluding diaryl/α,β-unsaturated/α-hetero) is 1. The van der Waals surface area contributed by atoms with Crippen LogP contribution < -0.4 is 5.32 Å². The summed E-state index contributed by atoms with van der Waals surface area (Å²) in [7, 11) is 0. The Morgan fingerprint density at radius 3 is 2.94 bits per heavy atom. The maximum atomic E-state index is 13.3. The summed E-state index contributed by atoms with van der Waals surface area (Å²) in [6, 6.07) is 1.46. The van der Waals surface area contributed by atoms with Crippen LogP contribution in [-0.2, 0) is 0 Å². The zero-order valence-corrected chi connectivity index (χ0v) is 9.79. The summed E-state index contributed by atoms with van der Waals surface area (Å²) < 4.78 is 13.3.